The van der Waals surface area contributed by atoms with Crippen molar-refractivity contribution < 1.29 is 26.0 Å². The molecule has 1 aromatic carbocycles. The van der Waals surface area contributed by atoms with Crippen LogP contribution in [-0.2, 0) is 16.2 Å². The topological polar surface area (TPSA) is 40.6 Å². The highest BCUT2D eigenvalue weighted by molar-refractivity contribution is 7.89. The van der Waals surface area contributed by atoms with Gasteiger partial charge in [-0.2, -0.15) is 17.5 Å². The smallest absolute Gasteiger partial charge is 0.300 e. The van der Waals surface area contributed by atoms with Gasteiger partial charge in [0.15, 0.2) is 0 Å². The zero-order valence-corrected chi connectivity index (χ0v) is 18.3. The Bertz CT molecular complexity index is 875. The van der Waals surface area contributed by atoms with Gasteiger partial charge in [-0.25, -0.2) is 8.42 Å². The SMILES string of the molecule is O=S(=O)(c1ccccc1C(F)(F)F)N1C[C@@H]2CCCN3CCC[C@@H]([C@H]23)[C@H]1CCCCF. The molecule has 0 aromatic heterocycles. The lowest BCUT2D eigenvalue weighted by Crippen LogP contribution is -2.65. The van der Waals surface area contributed by atoms with Crippen LogP contribution in [0, 0.1) is 11.8 Å². The third kappa shape index (κ3) is 4.37. The Balaban J connectivity index is 1.74. The van der Waals surface area contributed by atoms with E-state index in [1.807, 2.05) is 0 Å². The molecule has 4 atom stereocenters. The van der Waals surface area contributed by atoms with Crippen LogP contribution >= 0.6 is 0 Å². The maximum atomic E-state index is 13.7. The fraction of sp³-hybridized carbons (Fsp3) is 0.727. The zero-order chi connectivity index (χ0) is 22.2. The Labute approximate surface area is 181 Å². The third-order valence-electron chi connectivity index (χ3n) is 7.29. The summed E-state index contributed by atoms with van der Waals surface area (Å²) in [5, 5.41) is 0. The number of nitrogens with zero attached hydrogens (tertiary/aromatic N) is 2. The predicted octanol–water partition coefficient (Wildman–Crippen LogP) is 4.71. The van der Waals surface area contributed by atoms with Crippen molar-refractivity contribution in [3.05, 3.63) is 29.8 Å². The number of hydrogen-bond acceptors (Lipinski definition) is 3. The molecule has 3 aliphatic heterocycles. The first kappa shape index (κ1) is 23.0. The van der Waals surface area contributed by atoms with E-state index in [4.69, 9.17) is 0 Å². The molecule has 3 fully saturated rings. The van der Waals surface area contributed by atoms with Crippen LogP contribution in [-0.4, -0.2) is 56.0 Å². The summed E-state index contributed by atoms with van der Waals surface area (Å²) in [6, 6.07) is 4.35. The van der Waals surface area contributed by atoms with Crippen LogP contribution in [0.15, 0.2) is 29.2 Å². The van der Waals surface area contributed by atoms with Crippen LogP contribution in [0.5, 0.6) is 0 Å². The number of rotatable bonds is 6. The largest absolute Gasteiger partial charge is 0.417 e. The molecule has 0 radical (unpaired) electrons. The highest BCUT2D eigenvalue weighted by Crippen LogP contribution is 2.46. The molecule has 0 N–H and O–H groups in total. The van der Waals surface area contributed by atoms with Crippen LogP contribution < -0.4 is 0 Å². The second-order valence-corrected chi connectivity index (χ2v) is 10.9. The maximum absolute atomic E-state index is 13.7. The van der Waals surface area contributed by atoms with E-state index in [0.717, 1.165) is 50.9 Å². The van der Waals surface area contributed by atoms with E-state index in [2.05, 4.69) is 4.90 Å². The molecule has 9 heteroatoms. The second kappa shape index (κ2) is 8.98. The normalized spacial score (nSPS) is 30.2. The van der Waals surface area contributed by atoms with Gasteiger partial charge in [0, 0.05) is 18.6 Å². The quantitative estimate of drug-likeness (QED) is 0.454. The molecule has 0 aliphatic carbocycles. The average Bonchev–Trinajstić information content (AvgIpc) is 2.75. The van der Waals surface area contributed by atoms with E-state index in [0.29, 0.717) is 19.3 Å². The molecule has 0 bridgehead atoms. The predicted molar refractivity (Wildman–Crippen MR) is 110 cm³/mol. The molecule has 3 heterocycles. The summed E-state index contributed by atoms with van der Waals surface area (Å²) in [4.78, 5) is 1.79. The van der Waals surface area contributed by atoms with Gasteiger partial charge in [-0.3, -0.25) is 9.29 Å². The summed E-state index contributed by atoms with van der Waals surface area (Å²) in [6.07, 6.45) is 0.300. The van der Waals surface area contributed by atoms with Crippen molar-refractivity contribution in [3.8, 4) is 0 Å². The third-order valence-corrected chi connectivity index (χ3v) is 9.24. The Morgan fingerprint density at radius 2 is 1.74 bits per heavy atom. The van der Waals surface area contributed by atoms with Gasteiger partial charge in [0.05, 0.1) is 17.1 Å². The molecule has 0 spiro atoms. The minimum atomic E-state index is -4.75. The van der Waals surface area contributed by atoms with E-state index in [9.17, 15) is 26.0 Å². The first-order valence-corrected chi connectivity index (χ1v) is 12.7. The van der Waals surface area contributed by atoms with Gasteiger partial charge >= 0.3 is 6.18 Å². The van der Waals surface area contributed by atoms with Crippen LogP contribution in [0.2, 0.25) is 0 Å². The number of alkyl halides is 4. The Kier molecular flexibility index (Phi) is 6.66. The Morgan fingerprint density at radius 3 is 2.45 bits per heavy atom. The minimum Gasteiger partial charge on any atom is -0.300 e. The summed E-state index contributed by atoms with van der Waals surface area (Å²) in [5.74, 6) is 0.213. The lowest BCUT2D eigenvalue weighted by Gasteiger charge is -2.57. The molecule has 0 amide bonds. The monoisotopic (exact) mass is 462 g/mol. The van der Waals surface area contributed by atoms with Gasteiger partial charge in [0.1, 0.15) is 0 Å². The van der Waals surface area contributed by atoms with Crippen molar-refractivity contribution in [2.24, 2.45) is 11.8 Å². The Morgan fingerprint density at radius 1 is 1.03 bits per heavy atom. The summed E-state index contributed by atoms with van der Waals surface area (Å²) in [6.45, 7) is 1.77. The fourth-order valence-corrected chi connectivity index (χ4v) is 8.06. The second-order valence-electron chi connectivity index (χ2n) is 9.06. The average molecular weight is 463 g/mol. The molecule has 174 valence electrons. The van der Waals surface area contributed by atoms with E-state index in [-0.39, 0.29) is 30.5 Å². The standard InChI is InChI=1S/C22H30F4N2O2S/c23-12-4-3-10-19-17-8-6-14-27-13-5-7-16(21(17)27)15-28(19)31(29,30)20-11-2-1-9-18(20)22(24,25)26/h1-2,9,11,16-17,19,21H,3-8,10,12-15H2/t16-,17+,19+,21-/m0/s1. The molecule has 0 unspecified atom stereocenters. The van der Waals surface area contributed by atoms with Crippen molar-refractivity contribution in [3.63, 3.8) is 0 Å². The van der Waals surface area contributed by atoms with Gasteiger partial charge in [0.25, 0.3) is 0 Å². The van der Waals surface area contributed by atoms with Crippen molar-refractivity contribution in [1.82, 2.24) is 9.21 Å². The Hall–Kier alpha value is -1.19. The number of halogens is 4. The lowest BCUT2D eigenvalue weighted by molar-refractivity contribution is -0.140. The van der Waals surface area contributed by atoms with Crippen LogP contribution in [0.1, 0.15) is 50.5 Å². The molecule has 4 rings (SSSR count). The first-order chi connectivity index (χ1) is 14.7. The van der Waals surface area contributed by atoms with E-state index in [1.165, 1.54) is 16.4 Å². The molecular formula is C22H30F4N2O2S. The fourth-order valence-electron chi connectivity index (χ4n) is 6.09. The van der Waals surface area contributed by atoms with Gasteiger partial charge in [-0.15, -0.1) is 0 Å². The maximum Gasteiger partial charge on any atom is 0.417 e. The van der Waals surface area contributed by atoms with Crippen LogP contribution in [0.3, 0.4) is 0 Å². The molecule has 0 saturated carbocycles. The van der Waals surface area contributed by atoms with E-state index < -0.39 is 33.3 Å². The number of benzene rings is 1. The number of sulfonamides is 1. The first-order valence-electron chi connectivity index (χ1n) is 11.2. The number of hydrogen-bond donors (Lipinski definition) is 0. The molecule has 4 nitrogen and oxygen atoms in total. The van der Waals surface area contributed by atoms with Gasteiger partial charge < -0.3 is 0 Å². The number of unbranched alkanes of at least 4 members (excludes halogenated alkanes) is 1. The van der Waals surface area contributed by atoms with Crippen molar-refractivity contribution in [2.75, 3.05) is 26.3 Å². The van der Waals surface area contributed by atoms with Gasteiger partial charge in [-0.05, 0) is 82.0 Å². The molecule has 3 saturated heterocycles. The molecule has 3 aliphatic rings. The van der Waals surface area contributed by atoms with Gasteiger partial charge in [0.2, 0.25) is 10.0 Å². The summed E-state index contributed by atoms with van der Waals surface area (Å²) < 4.78 is 82.4. The van der Waals surface area contributed by atoms with E-state index >= 15 is 0 Å². The summed E-state index contributed by atoms with van der Waals surface area (Å²) >= 11 is 0. The van der Waals surface area contributed by atoms with Crippen molar-refractivity contribution in [2.45, 2.75) is 68.1 Å². The van der Waals surface area contributed by atoms with Crippen LogP contribution in [0.25, 0.3) is 0 Å². The zero-order valence-electron chi connectivity index (χ0n) is 17.5. The summed E-state index contributed by atoms with van der Waals surface area (Å²) in [5.41, 5.74) is -1.12. The lowest BCUT2D eigenvalue weighted by atomic mass is 9.70. The van der Waals surface area contributed by atoms with Gasteiger partial charge in [-0.1, -0.05) is 12.1 Å². The minimum absolute atomic E-state index is 0.0836. The van der Waals surface area contributed by atoms with Crippen LogP contribution in [0.4, 0.5) is 17.6 Å². The summed E-state index contributed by atoms with van der Waals surface area (Å²) in [7, 11) is -4.35. The highest BCUT2D eigenvalue weighted by Gasteiger charge is 2.52. The van der Waals surface area contributed by atoms with E-state index in [1.54, 1.807) is 0 Å². The van der Waals surface area contributed by atoms with Crippen molar-refractivity contribution >= 4 is 10.0 Å². The molecule has 31 heavy (non-hydrogen) atoms. The highest BCUT2D eigenvalue weighted by atomic mass is 32.2. The number of piperidine rings is 3. The molecule has 1 aromatic rings. The molecular weight excluding hydrogens is 432 g/mol. The van der Waals surface area contributed by atoms with Crippen molar-refractivity contribution in [1.29, 1.82) is 0 Å².